The van der Waals surface area contributed by atoms with Crippen LogP contribution in [0.5, 0.6) is 0 Å². The van der Waals surface area contributed by atoms with E-state index >= 15 is 0 Å². The molecule has 1 aromatic carbocycles. The van der Waals surface area contributed by atoms with E-state index in [9.17, 15) is 0 Å². The van der Waals surface area contributed by atoms with Crippen LogP contribution in [0.2, 0.25) is 0 Å². The molecular formula is C23H29N5. The normalized spacial score (nSPS) is 22.3. The second-order valence-electron chi connectivity index (χ2n) is 8.52. The molecule has 1 aliphatic heterocycles. The predicted molar refractivity (Wildman–Crippen MR) is 115 cm³/mol. The smallest absolute Gasteiger partial charge is 0.151 e. The largest absolute Gasteiger partial charge is 0.355 e. The zero-order valence-electron chi connectivity index (χ0n) is 17.4. The van der Waals surface area contributed by atoms with Crippen molar-refractivity contribution in [1.29, 1.82) is 0 Å². The van der Waals surface area contributed by atoms with E-state index in [0.29, 0.717) is 12.0 Å². The van der Waals surface area contributed by atoms with E-state index in [0.717, 1.165) is 40.9 Å². The summed E-state index contributed by atoms with van der Waals surface area (Å²) in [5.74, 6) is 1.46. The molecule has 0 bridgehead atoms. The number of likely N-dealkylation sites (tertiary alicyclic amines) is 1. The van der Waals surface area contributed by atoms with Crippen LogP contribution in [0.4, 0.5) is 5.82 Å². The molecule has 0 amide bonds. The van der Waals surface area contributed by atoms with E-state index < -0.39 is 0 Å². The summed E-state index contributed by atoms with van der Waals surface area (Å²) in [6.45, 7) is 8.11. The molecule has 1 saturated heterocycles. The number of aromatic nitrogens is 3. The summed E-state index contributed by atoms with van der Waals surface area (Å²) in [7, 11) is 4.36. The highest BCUT2D eigenvalue weighted by atomic mass is 15.3. The van der Waals surface area contributed by atoms with Crippen LogP contribution in [0.25, 0.3) is 22.2 Å². The van der Waals surface area contributed by atoms with Crippen molar-refractivity contribution >= 4 is 16.7 Å². The van der Waals surface area contributed by atoms with E-state index in [1.807, 2.05) is 24.4 Å². The third-order valence-corrected chi connectivity index (χ3v) is 6.83. The minimum Gasteiger partial charge on any atom is -0.355 e. The molecule has 0 aliphatic carbocycles. The molecule has 0 N–H and O–H groups in total. The Hall–Kier alpha value is -2.53. The number of fused-ring (bicyclic) bond motifs is 1. The van der Waals surface area contributed by atoms with Gasteiger partial charge in [0.1, 0.15) is 0 Å². The lowest BCUT2D eigenvalue weighted by atomic mass is 9.77. The SMILES string of the molecule is CC1C(N(C)c2ccc(-c3cnc4ccccc4c3)nn2)CCN(C)C1(C)C. The van der Waals surface area contributed by atoms with Crippen LogP contribution in [0.15, 0.2) is 48.7 Å². The van der Waals surface area contributed by atoms with Gasteiger partial charge in [0, 0.05) is 42.3 Å². The molecule has 0 saturated carbocycles. The number of benzene rings is 1. The zero-order chi connectivity index (χ0) is 19.9. The molecule has 5 heteroatoms. The predicted octanol–water partition coefficient (Wildman–Crippen LogP) is 4.25. The lowest BCUT2D eigenvalue weighted by molar-refractivity contribution is 0.0391. The van der Waals surface area contributed by atoms with E-state index in [-0.39, 0.29) is 5.54 Å². The van der Waals surface area contributed by atoms with Gasteiger partial charge >= 0.3 is 0 Å². The van der Waals surface area contributed by atoms with Gasteiger partial charge < -0.3 is 9.80 Å². The highest BCUT2D eigenvalue weighted by Gasteiger charge is 2.41. The van der Waals surface area contributed by atoms with E-state index in [4.69, 9.17) is 0 Å². The molecule has 5 nitrogen and oxygen atoms in total. The maximum atomic E-state index is 4.55. The quantitative estimate of drug-likeness (QED) is 0.685. The summed E-state index contributed by atoms with van der Waals surface area (Å²) in [5.41, 5.74) is 3.01. The number of hydrogen-bond donors (Lipinski definition) is 0. The van der Waals surface area contributed by atoms with Crippen LogP contribution in [-0.2, 0) is 0 Å². The van der Waals surface area contributed by atoms with Gasteiger partial charge in [-0.05, 0) is 57.5 Å². The summed E-state index contributed by atoms with van der Waals surface area (Å²) < 4.78 is 0. The monoisotopic (exact) mass is 375 g/mol. The van der Waals surface area contributed by atoms with E-state index in [1.165, 1.54) is 0 Å². The van der Waals surface area contributed by atoms with Crippen LogP contribution in [0, 0.1) is 5.92 Å². The van der Waals surface area contributed by atoms with Gasteiger partial charge in [-0.15, -0.1) is 10.2 Å². The van der Waals surface area contributed by atoms with Gasteiger partial charge in [0.2, 0.25) is 0 Å². The first kappa shape index (κ1) is 18.8. The van der Waals surface area contributed by atoms with Crippen LogP contribution in [0.3, 0.4) is 0 Å². The average molecular weight is 376 g/mol. The van der Waals surface area contributed by atoms with Crippen LogP contribution in [0.1, 0.15) is 27.2 Å². The Morgan fingerprint density at radius 3 is 2.64 bits per heavy atom. The van der Waals surface area contributed by atoms with Gasteiger partial charge in [-0.25, -0.2) is 0 Å². The molecular weight excluding hydrogens is 346 g/mol. The van der Waals surface area contributed by atoms with Crippen LogP contribution in [-0.4, -0.2) is 52.3 Å². The first-order chi connectivity index (χ1) is 13.4. The standard InChI is InChI=1S/C23H29N5/c1-16-21(12-13-27(4)23(16,2)3)28(5)22-11-10-20(25-26-22)18-14-17-8-6-7-9-19(17)24-15-18/h6-11,14-16,21H,12-13H2,1-5H3. The van der Waals surface area contributed by atoms with Crippen molar-refractivity contribution in [2.75, 3.05) is 25.5 Å². The Labute approximate surface area is 167 Å². The van der Waals surface area contributed by atoms with Gasteiger partial charge in [0.15, 0.2) is 5.82 Å². The molecule has 2 unspecified atom stereocenters. The van der Waals surface area contributed by atoms with Crippen molar-refractivity contribution in [3.05, 3.63) is 48.7 Å². The lowest BCUT2D eigenvalue weighted by Gasteiger charge is -2.51. The number of piperidine rings is 1. The molecule has 2 aromatic heterocycles. The van der Waals surface area contributed by atoms with Crippen molar-refractivity contribution in [3.63, 3.8) is 0 Å². The number of anilines is 1. The maximum Gasteiger partial charge on any atom is 0.151 e. The molecule has 28 heavy (non-hydrogen) atoms. The van der Waals surface area contributed by atoms with E-state index in [2.05, 4.69) is 84.1 Å². The van der Waals surface area contributed by atoms with Crippen molar-refractivity contribution in [2.45, 2.75) is 38.8 Å². The topological polar surface area (TPSA) is 45.2 Å². The first-order valence-corrected chi connectivity index (χ1v) is 10.0. The van der Waals surface area contributed by atoms with Gasteiger partial charge in [0.05, 0.1) is 11.2 Å². The molecule has 0 spiro atoms. The molecule has 1 aliphatic rings. The lowest BCUT2D eigenvalue weighted by Crippen LogP contribution is -2.59. The van der Waals surface area contributed by atoms with Gasteiger partial charge in [-0.2, -0.15) is 0 Å². The molecule has 3 aromatic rings. The Kier molecular flexibility index (Phi) is 4.79. The summed E-state index contributed by atoms with van der Waals surface area (Å²) in [4.78, 5) is 9.30. The number of rotatable bonds is 3. The second-order valence-corrected chi connectivity index (χ2v) is 8.52. The Morgan fingerprint density at radius 2 is 1.89 bits per heavy atom. The molecule has 3 heterocycles. The van der Waals surface area contributed by atoms with Crippen molar-refractivity contribution in [2.24, 2.45) is 5.92 Å². The summed E-state index contributed by atoms with van der Waals surface area (Å²) >= 11 is 0. The molecule has 4 rings (SSSR count). The summed E-state index contributed by atoms with van der Waals surface area (Å²) in [6.07, 6.45) is 3.01. The molecule has 2 atom stereocenters. The van der Waals surface area contributed by atoms with Crippen molar-refractivity contribution < 1.29 is 0 Å². The number of pyridine rings is 1. The maximum absolute atomic E-state index is 4.55. The van der Waals surface area contributed by atoms with Gasteiger partial charge in [0.25, 0.3) is 0 Å². The number of para-hydroxylation sites is 1. The third-order valence-electron chi connectivity index (χ3n) is 6.83. The Balaban J connectivity index is 1.57. The van der Waals surface area contributed by atoms with Crippen molar-refractivity contribution in [3.8, 4) is 11.3 Å². The fourth-order valence-electron chi connectivity index (χ4n) is 4.26. The minimum atomic E-state index is 0.168. The van der Waals surface area contributed by atoms with Gasteiger partial charge in [-0.1, -0.05) is 25.1 Å². The molecule has 146 valence electrons. The Morgan fingerprint density at radius 1 is 1.11 bits per heavy atom. The van der Waals surface area contributed by atoms with Crippen LogP contribution >= 0.6 is 0 Å². The van der Waals surface area contributed by atoms with Crippen molar-refractivity contribution in [1.82, 2.24) is 20.1 Å². The van der Waals surface area contributed by atoms with E-state index in [1.54, 1.807) is 0 Å². The van der Waals surface area contributed by atoms with Gasteiger partial charge in [-0.3, -0.25) is 4.98 Å². The minimum absolute atomic E-state index is 0.168. The highest BCUT2D eigenvalue weighted by Crippen LogP contribution is 2.35. The highest BCUT2D eigenvalue weighted by molar-refractivity contribution is 5.82. The second kappa shape index (κ2) is 7.13. The molecule has 0 radical (unpaired) electrons. The number of hydrogen-bond acceptors (Lipinski definition) is 5. The fraction of sp³-hybridized carbons (Fsp3) is 0.435. The fourth-order valence-corrected chi connectivity index (χ4v) is 4.26. The third kappa shape index (κ3) is 3.24. The van der Waals surface area contributed by atoms with Crippen LogP contribution < -0.4 is 4.90 Å². The summed E-state index contributed by atoms with van der Waals surface area (Å²) in [6, 6.07) is 14.8. The Bertz CT molecular complexity index is 966. The molecule has 1 fully saturated rings. The average Bonchev–Trinajstić information content (AvgIpc) is 2.72. The summed E-state index contributed by atoms with van der Waals surface area (Å²) in [5, 5.41) is 10.2. The zero-order valence-corrected chi connectivity index (χ0v) is 17.4. The number of nitrogens with zero attached hydrogens (tertiary/aromatic N) is 5. The first-order valence-electron chi connectivity index (χ1n) is 10.0.